The summed E-state index contributed by atoms with van der Waals surface area (Å²) in [6.07, 6.45) is 8.41. The van der Waals surface area contributed by atoms with Crippen molar-refractivity contribution in [3.8, 4) is 0 Å². The summed E-state index contributed by atoms with van der Waals surface area (Å²) in [6.45, 7) is 6.82. The summed E-state index contributed by atoms with van der Waals surface area (Å²) in [4.78, 5) is 2.73. The Morgan fingerprint density at radius 3 is 2.72 bits per heavy atom. The average molecular weight is 254 g/mol. The van der Waals surface area contributed by atoms with Gasteiger partial charge in [-0.1, -0.05) is 19.3 Å². The molecule has 2 unspecified atom stereocenters. The van der Waals surface area contributed by atoms with Gasteiger partial charge >= 0.3 is 0 Å². The lowest BCUT2D eigenvalue weighted by Crippen LogP contribution is -2.58. The van der Waals surface area contributed by atoms with Crippen LogP contribution in [0.1, 0.15) is 45.4 Å². The highest BCUT2D eigenvalue weighted by molar-refractivity contribution is 4.89. The molecule has 0 aromatic rings. The lowest BCUT2D eigenvalue weighted by molar-refractivity contribution is 0.0660. The van der Waals surface area contributed by atoms with Crippen molar-refractivity contribution in [3.05, 3.63) is 0 Å². The molecule has 106 valence electrons. The molecule has 0 aromatic heterocycles. The molecular formula is C15H30N2O. The molecule has 0 bridgehead atoms. The van der Waals surface area contributed by atoms with Crippen LogP contribution >= 0.6 is 0 Å². The maximum Gasteiger partial charge on any atom is 0.0474 e. The first-order valence-electron chi connectivity index (χ1n) is 7.77. The summed E-state index contributed by atoms with van der Waals surface area (Å²) in [6, 6.07) is 1.42. The predicted molar refractivity (Wildman–Crippen MR) is 75.9 cm³/mol. The monoisotopic (exact) mass is 254 g/mol. The Kier molecular flexibility index (Phi) is 5.93. The Hall–Kier alpha value is -0.120. The second-order valence-electron chi connectivity index (χ2n) is 6.12. The van der Waals surface area contributed by atoms with E-state index in [4.69, 9.17) is 4.74 Å². The van der Waals surface area contributed by atoms with Crippen LogP contribution in [0.15, 0.2) is 0 Å². The molecule has 3 heteroatoms. The van der Waals surface area contributed by atoms with Gasteiger partial charge in [0, 0.05) is 45.4 Å². The van der Waals surface area contributed by atoms with E-state index in [9.17, 15) is 0 Å². The van der Waals surface area contributed by atoms with Gasteiger partial charge in [-0.2, -0.15) is 0 Å². The SMILES string of the molecule is COCCCN1CC(C)NCC1C1CCCCC1. The zero-order chi connectivity index (χ0) is 12.8. The van der Waals surface area contributed by atoms with Crippen LogP contribution in [0.4, 0.5) is 0 Å². The summed E-state index contributed by atoms with van der Waals surface area (Å²) in [5.74, 6) is 0.932. The van der Waals surface area contributed by atoms with Crippen LogP contribution in [-0.2, 0) is 4.74 Å². The molecule has 0 radical (unpaired) electrons. The van der Waals surface area contributed by atoms with E-state index in [-0.39, 0.29) is 0 Å². The first-order valence-corrected chi connectivity index (χ1v) is 7.77. The molecule has 2 aliphatic rings. The number of piperazine rings is 1. The van der Waals surface area contributed by atoms with Crippen LogP contribution in [0.2, 0.25) is 0 Å². The predicted octanol–water partition coefficient (Wildman–Crippen LogP) is 2.27. The van der Waals surface area contributed by atoms with E-state index >= 15 is 0 Å². The standard InChI is InChI=1S/C15H30N2O/c1-13-12-17(9-6-10-18-2)15(11-16-13)14-7-4-3-5-8-14/h13-16H,3-12H2,1-2H3. The summed E-state index contributed by atoms with van der Waals surface area (Å²) in [7, 11) is 1.80. The molecule has 1 saturated heterocycles. The lowest BCUT2D eigenvalue weighted by Gasteiger charge is -2.44. The van der Waals surface area contributed by atoms with Gasteiger partial charge in [-0.05, 0) is 32.1 Å². The van der Waals surface area contributed by atoms with Crippen LogP contribution in [0, 0.1) is 5.92 Å². The molecule has 0 spiro atoms. The third kappa shape index (κ3) is 3.94. The molecule has 0 amide bonds. The van der Waals surface area contributed by atoms with Gasteiger partial charge in [-0.25, -0.2) is 0 Å². The van der Waals surface area contributed by atoms with E-state index in [0.717, 1.165) is 18.6 Å². The van der Waals surface area contributed by atoms with Crippen molar-refractivity contribution in [3.63, 3.8) is 0 Å². The van der Waals surface area contributed by atoms with Crippen molar-refractivity contribution in [1.82, 2.24) is 10.2 Å². The number of nitrogens with zero attached hydrogens (tertiary/aromatic N) is 1. The quantitative estimate of drug-likeness (QED) is 0.762. The maximum atomic E-state index is 5.20. The number of ether oxygens (including phenoxy) is 1. The van der Waals surface area contributed by atoms with Gasteiger partial charge in [0.05, 0.1) is 0 Å². The van der Waals surface area contributed by atoms with Gasteiger partial charge in [0.15, 0.2) is 0 Å². The molecule has 0 aromatic carbocycles. The van der Waals surface area contributed by atoms with Crippen LogP contribution in [0.25, 0.3) is 0 Å². The number of rotatable bonds is 5. The van der Waals surface area contributed by atoms with E-state index in [1.54, 1.807) is 7.11 Å². The second kappa shape index (κ2) is 7.46. The molecule has 1 saturated carbocycles. The van der Waals surface area contributed by atoms with E-state index < -0.39 is 0 Å². The largest absolute Gasteiger partial charge is 0.385 e. The van der Waals surface area contributed by atoms with E-state index in [1.807, 2.05) is 0 Å². The van der Waals surface area contributed by atoms with Crippen LogP contribution < -0.4 is 5.32 Å². The first-order chi connectivity index (χ1) is 8.81. The summed E-state index contributed by atoms with van der Waals surface area (Å²) < 4.78 is 5.20. The fourth-order valence-corrected chi connectivity index (χ4v) is 3.66. The highest BCUT2D eigenvalue weighted by Crippen LogP contribution is 2.30. The van der Waals surface area contributed by atoms with Crippen LogP contribution in [0.5, 0.6) is 0 Å². The minimum Gasteiger partial charge on any atom is -0.385 e. The molecule has 2 fully saturated rings. The first kappa shape index (κ1) is 14.3. The third-order valence-electron chi connectivity index (χ3n) is 4.64. The third-order valence-corrected chi connectivity index (χ3v) is 4.64. The van der Waals surface area contributed by atoms with Crippen molar-refractivity contribution < 1.29 is 4.74 Å². The Morgan fingerprint density at radius 2 is 2.00 bits per heavy atom. The van der Waals surface area contributed by atoms with Gasteiger partial charge in [-0.3, -0.25) is 4.90 Å². The van der Waals surface area contributed by atoms with Gasteiger partial charge in [0.1, 0.15) is 0 Å². The Labute approximate surface area is 112 Å². The van der Waals surface area contributed by atoms with Crippen LogP contribution in [-0.4, -0.2) is 50.3 Å². The molecule has 18 heavy (non-hydrogen) atoms. The van der Waals surface area contributed by atoms with E-state index in [0.29, 0.717) is 6.04 Å². The molecule has 2 atom stereocenters. The van der Waals surface area contributed by atoms with Crippen molar-refractivity contribution in [2.24, 2.45) is 5.92 Å². The Balaban J connectivity index is 1.87. The minimum absolute atomic E-state index is 0.646. The van der Waals surface area contributed by atoms with Crippen LogP contribution in [0.3, 0.4) is 0 Å². The zero-order valence-electron chi connectivity index (χ0n) is 12.2. The highest BCUT2D eigenvalue weighted by atomic mass is 16.5. The average Bonchev–Trinajstić information content (AvgIpc) is 2.40. The van der Waals surface area contributed by atoms with Gasteiger partial charge in [0.2, 0.25) is 0 Å². The van der Waals surface area contributed by atoms with Gasteiger partial charge < -0.3 is 10.1 Å². The molecular weight excluding hydrogens is 224 g/mol. The van der Waals surface area contributed by atoms with Crippen molar-refractivity contribution >= 4 is 0 Å². The number of hydrogen-bond acceptors (Lipinski definition) is 3. The topological polar surface area (TPSA) is 24.5 Å². The number of nitrogens with one attached hydrogen (secondary N) is 1. The van der Waals surface area contributed by atoms with Crippen molar-refractivity contribution in [1.29, 1.82) is 0 Å². The summed E-state index contributed by atoms with van der Waals surface area (Å²) in [5.41, 5.74) is 0. The second-order valence-corrected chi connectivity index (χ2v) is 6.12. The molecule has 1 aliphatic heterocycles. The van der Waals surface area contributed by atoms with Gasteiger partial charge in [0.25, 0.3) is 0 Å². The van der Waals surface area contributed by atoms with E-state index in [2.05, 4.69) is 17.1 Å². The molecule has 2 rings (SSSR count). The number of methoxy groups -OCH3 is 1. The zero-order valence-corrected chi connectivity index (χ0v) is 12.2. The lowest BCUT2D eigenvalue weighted by atomic mass is 9.82. The Morgan fingerprint density at radius 1 is 1.22 bits per heavy atom. The molecule has 1 heterocycles. The fourth-order valence-electron chi connectivity index (χ4n) is 3.66. The normalized spacial score (nSPS) is 31.7. The highest BCUT2D eigenvalue weighted by Gasteiger charge is 2.32. The van der Waals surface area contributed by atoms with Crippen molar-refractivity contribution in [2.75, 3.05) is 33.4 Å². The molecule has 1 aliphatic carbocycles. The summed E-state index contributed by atoms with van der Waals surface area (Å²) >= 11 is 0. The van der Waals surface area contributed by atoms with E-state index in [1.165, 1.54) is 58.2 Å². The maximum absolute atomic E-state index is 5.20. The molecule has 3 nitrogen and oxygen atoms in total. The Bertz CT molecular complexity index is 229. The number of hydrogen-bond donors (Lipinski definition) is 1. The minimum atomic E-state index is 0.646. The molecule has 1 N–H and O–H groups in total. The smallest absolute Gasteiger partial charge is 0.0474 e. The summed E-state index contributed by atoms with van der Waals surface area (Å²) in [5, 5.41) is 3.68. The van der Waals surface area contributed by atoms with Crippen molar-refractivity contribution in [2.45, 2.75) is 57.5 Å². The fraction of sp³-hybridized carbons (Fsp3) is 1.00. The van der Waals surface area contributed by atoms with Gasteiger partial charge in [-0.15, -0.1) is 0 Å².